The summed E-state index contributed by atoms with van der Waals surface area (Å²) in [6.45, 7) is 4.34. The minimum Gasteiger partial charge on any atom is -0.552 e. The molecule has 0 fully saturated rings. The Labute approximate surface area is 133 Å². The molecule has 110 valence electrons. The van der Waals surface area contributed by atoms with Crippen molar-refractivity contribution in [2.24, 2.45) is 0 Å². The molecular formula is C20H20OSi. The highest BCUT2D eigenvalue weighted by atomic mass is 28.3. The fourth-order valence-electron chi connectivity index (χ4n) is 2.61. The Balaban J connectivity index is 2.17. The van der Waals surface area contributed by atoms with Crippen molar-refractivity contribution in [1.29, 1.82) is 0 Å². The molecule has 3 aromatic rings. The van der Waals surface area contributed by atoms with E-state index in [1.807, 2.05) is 12.3 Å². The van der Waals surface area contributed by atoms with Crippen molar-refractivity contribution in [3.63, 3.8) is 0 Å². The van der Waals surface area contributed by atoms with Gasteiger partial charge < -0.3 is 4.43 Å². The Morgan fingerprint density at radius 1 is 0.818 bits per heavy atom. The maximum Gasteiger partial charge on any atom is 0.228 e. The van der Waals surface area contributed by atoms with Gasteiger partial charge in [-0.3, -0.25) is 0 Å². The van der Waals surface area contributed by atoms with E-state index in [9.17, 15) is 0 Å². The maximum absolute atomic E-state index is 5.74. The predicted molar refractivity (Wildman–Crippen MR) is 98.4 cm³/mol. The topological polar surface area (TPSA) is 9.23 Å². The molecule has 3 rings (SSSR count). The van der Waals surface area contributed by atoms with Gasteiger partial charge in [-0.1, -0.05) is 66.7 Å². The van der Waals surface area contributed by atoms with E-state index in [1.54, 1.807) is 0 Å². The number of benzene rings is 3. The summed E-state index contributed by atoms with van der Waals surface area (Å²) in [7, 11) is -1.05. The summed E-state index contributed by atoms with van der Waals surface area (Å²) in [6, 6.07) is 23.4. The van der Waals surface area contributed by atoms with Gasteiger partial charge in [0.25, 0.3) is 0 Å². The first-order valence-corrected chi connectivity index (χ1v) is 10.4. The van der Waals surface area contributed by atoms with Crippen LogP contribution in [0.3, 0.4) is 0 Å². The quantitative estimate of drug-likeness (QED) is 0.458. The van der Waals surface area contributed by atoms with Gasteiger partial charge in [0, 0.05) is 0 Å². The van der Waals surface area contributed by atoms with E-state index < -0.39 is 9.04 Å². The molecule has 0 aliphatic heterocycles. The fourth-order valence-corrected chi connectivity index (χ4v) is 3.00. The second kappa shape index (κ2) is 6.63. The first-order chi connectivity index (χ1) is 10.8. The van der Waals surface area contributed by atoms with Crippen molar-refractivity contribution >= 4 is 25.9 Å². The minimum atomic E-state index is -1.05. The zero-order valence-corrected chi connectivity index (χ0v) is 14.1. The SMILES string of the molecule is C[SiH](C)OC=Cc1c(-c2ccccc2)ccc2ccccc12. The van der Waals surface area contributed by atoms with Crippen LogP contribution >= 0.6 is 0 Å². The Hall–Kier alpha value is -2.32. The molecule has 0 aromatic heterocycles. The molecule has 0 saturated carbocycles. The minimum absolute atomic E-state index is 1.05. The van der Waals surface area contributed by atoms with E-state index in [-0.39, 0.29) is 0 Å². The number of rotatable bonds is 4. The molecule has 0 amide bonds. The molecule has 0 spiro atoms. The van der Waals surface area contributed by atoms with Crippen LogP contribution in [-0.2, 0) is 4.43 Å². The molecule has 3 aromatic carbocycles. The Morgan fingerprint density at radius 2 is 1.55 bits per heavy atom. The van der Waals surface area contributed by atoms with E-state index in [4.69, 9.17) is 4.43 Å². The van der Waals surface area contributed by atoms with E-state index in [0.717, 1.165) is 0 Å². The van der Waals surface area contributed by atoms with Crippen molar-refractivity contribution in [2.75, 3.05) is 0 Å². The van der Waals surface area contributed by atoms with Crippen LogP contribution in [-0.4, -0.2) is 9.04 Å². The Morgan fingerprint density at radius 3 is 2.32 bits per heavy atom. The average Bonchev–Trinajstić information content (AvgIpc) is 2.55. The molecule has 22 heavy (non-hydrogen) atoms. The molecule has 0 atom stereocenters. The second-order valence-electron chi connectivity index (χ2n) is 5.60. The van der Waals surface area contributed by atoms with Gasteiger partial charge in [0.15, 0.2) is 0 Å². The lowest BCUT2D eigenvalue weighted by Crippen LogP contribution is -2.01. The zero-order chi connectivity index (χ0) is 15.4. The van der Waals surface area contributed by atoms with Crippen LogP contribution in [0.2, 0.25) is 13.1 Å². The second-order valence-corrected chi connectivity index (χ2v) is 7.97. The van der Waals surface area contributed by atoms with E-state index >= 15 is 0 Å². The molecule has 1 nitrogen and oxygen atoms in total. The van der Waals surface area contributed by atoms with Crippen LogP contribution in [0.4, 0.5) is 0 Å². The van der Waals surface area contributed by atoms with Gasteiger partial charge in [0.2, 0.25) is 9.04 Å². The van der Waals surface area contributed by atoms with E-state index in [0.29, 0.717) is 0 Å². The molecule has 0 aliphatic rings. The standard InChI is InChI=1S/C20H20OSi/c1-22(2)21-15-14-20-18-11-7-6-10-17(18)12-13-19(20)16-8-4-3-5-9-16/h3-15,22H,1-2H3. The highest BCUT2D eigenvalue weighted by Gasteiger charge is 2.07. The normalized spacial score (nSPS) is 11.4. The largest absolute Gasteiger partial charge is 0.552 e. The predicted octanol–water partition coefficient (Wildman–Crippen LogP) is 5.48. The van der Waals surface area contributed by atoms with Crippen LogP contribution < -0.4 is 0 Å². The van der Waals surface area contributed by atoms with Crippen molar-refractivity contribution < 1.29 is 4.43 Å². The number of hydrogen-bond donors (Lipinski definition) is 0. The average molecular weight is 304 g/mol. The van der Waals surface area contributed by atoms with Crippen LogP contribution in [0.5, 0.6) is 0 Å². The number of hydrogen-bond acceptors (Lipinski definition) is 1. The highest BCUT2D eigenvalue weighted by molar-refractivity contribution is 6.48. The maximum atomic E-state index is 5.74. The van der Waals surface area contributed by atoms with Gasteiger partial charge in [-0.2, -0.15) is 0 Å². The molecule has 0 aliphatic carbocycles. The van der Waals surface area contributed by atoms with E-state index in [2.05, 4.69) is 79.8 Å². The number of fused-ring (bicyclic) bond motifs is 1. The van der Waals surface area contributed by atoms with Crippen LogP contribution in [0.15, 0.2) is 73.0 Å². The van der Waals surface area contributed by atoms with Crippen molar-refractivity contribution in [1.82, 2.24) is 0 Å². The van der Waals surface area contributed by atoms with Crippen molar-refractivity contribution in [3.05, 3.63) is 78.6 Å². The summed E-state index contributed by atoms with van der Waals surface area (Å²) >= 11 is 0. The van der Waals surface area contributed by atoms with Crippen molar-refractivity contribution in [2.45, 2.75) is 13.1 Å². The monoisotopic (exact) mass is 304 g/mol. The van der Waals surface area contributed by atoms with Crippen LogP contribution in [0, 0.1) is 0 Å². The summed E-state index contributed by atoms with van der Waals surface area (Å²) in [5.74, 6) is 0. The third kappa shape index (κ3) is 3.12. The lowest BCUT2D eigenvalue weighted by molar-refractivity contribution is 0.505. The smallest absolute Gasteiger partial charge is 0.228 e. The summed E-state index contributed by atoms with van der Waals surface area (Å²) in [5, 5.41) is 2.51. The van der Waals surface area contributed by atoms with Gasteiger partial charge in [-0.15, -0.1) is 0 Å². The highest BCUT2D eigenvalue weighted by Crippen LogP contribution is 2.31. The lowest BCUT2D eigenvalue weighted by Gasteiger charge is -2.11. The molecule has 2 heteroatoms. The molecule has 0 bridgehead atoms. The Kier molecular flexibility index (Phi) is 4.40. The third-order valence-electron chi connectivity index (χ3n) is 3.64. The summed E-state index contributed by atoms with van der Waals surface area (Å²) in [5.41, 5.74) is 3.69. The van der Waals surface area contributed by atoms with Crippen LogP contribution in [0.1, 0.15) is 5.56 Å². The van der Waals surface area contributed by atoms with Crippen LogP contribution in [0.25, 0.3) is 28.0 Å². The Bertz CT molecular complexity index is 791. The van der Waals surface area contributed by atoms with Gasteiger partial charge >= 0.3 is 0 Å². The molecule has 0 radical (unpaired) electrons. The third-order valence-corrected chi connectivity index (χ3v) is 4.34. The molecule has 0 saturated heterocycles. The molecule has 0 N–H and O–H groups in total. The molecule has 0 heterocycles. The fraction of sp³-hybridized carbons (Fsp3) is 0.100. The van der Waals surface area contributed by atoms with Gasteiger partial charge in [0.1, 0.15) is 0 Å². The molecule has 0 unspecified atom stereocenters. The van der Waals surface area contributed by atoms with E-state index in [1.165, 1.54) is 27.5 Å². The summed E-state index contributed by atoms with van der Waals surface area (Å²) in [4.78, 5) is 0. The van der Waals surface area contributed by atoms with Gasteiger partial charge in [0.05, 0.1) is 6.26 Å². The van der Waals surface area contributed by atoms with Gasteiger partial charge in [-0.05, 0) is 46.6 Å². The summed E-state index contributed by atoms with van der Waals surface area (Å²) < 4.78 is 5.74. The summed E-state index contributed by atoms with van der Waals surface area (Å²) in [6.07, 6.45) is 3.97. The first-order valence-electron chi connectivity index (χ1n) is 7.65. The zero-order valence-electron chi connectivity index (χ0n) is 13.0. The van der Waals surface area contributed by atoms with Gasteiger partial charge in [-0.25, -0.2) is 0 Å². The first kappa shape index (κ1) is 14.6. The van der Waals surface area contributed by atoms with Crippen molar-refractivity contribution in [3.8, 4) is 11.1 Å². The molecular weight excluding hydrogens is 284 g/mol. The lowest BCUT2D eigenvalue weighted by atomic mass is 9.94.